The molecule has 5 atom stereocenters. The average Bonchev–Trinajstić information content (AvgIpc) is 2.31. The Bertz CT molecular complexity index is 281. The van der Waals surface area contributed by atoms with E-state index in [4.69, 9.17) is 14.2 Å². The van der Waals surface area contributed by atoms with Crippen molar-refractivity contribution >= 4 is 0 Å². The van der Waals surface area contributed by atoms with Crippen LogP contribution in [0.15, 0.2) is 0 Å². The third-order valence-corrected chi connectivity index (χ3v) is 4.14. The van der Waals surface area contributed by atoms with E-state index in [2.05, 4.69) is 0 Å². The molecule has 1 heterocycles. The van der Waals surface area contributed by atoms with E-state index < -0.39 is 35.8 Å². The summed E-state index contributed by atoms with van der Waals surface area (Å²) in [4.78, 5) is 0. The van der Waals surface area contributed by atoms with Gasteiger partial charge in [0.1, 0.15) is 23.4 Å². The number of aliphatic hydroxyl groups excluding tert-OH is 2. The van der Waals surface area contributed by atoms with Gasteiger partial charge >= 0.3 is 0 Å². The number of methoxy groups -OCH3 is 2. The summed E-state index contributed by atoms with van der Waals surface area (Å²) in [5.41, 5.74) is -2.49. The maximum absolute atomic E-state index is 10.3. The number of ether oxygens (including phenoxy) is 3. The molecule has 1 aliphatic rings. The van der Waals surface area contributed by atoms with E-state index in [1.807, 2.05) is 0 Å². The third-order valence-electron chi connectivity index (χ3n) is 4.14. The van der Waals surface area contributed by atoms with Gasteiger partial charge in [-0.2, -0.15) is 0 Å². The fourth-order valence-corrected chi connectivity index (χ4v) is 2.41. The van der Waals surface area contributed by atoms with Crippen molar-refractivity contribution in [2.24, 2.45) is 0 Å². The highest BCUT2D eigenvalue weighted by Gasteiger charge is 2.67. The molecule has 6 nitrogen and oxygen atoms in total. The Balaban J connectivity index is 3.28. The van der Waals surface area contributed by atoms with Crippen LogP contribution >= 0.6 is 0 Å². The first-order chi connectivity index (χ1) is 7.70. The second-order valence-corrected chi connectivity index (χ2v) is 4.82. The molecule has 17 heavy (non-hydrogen) atoms. The molecule has 102 valence electrons. The third kappa shape index (κ3) is 1.80. The van der Waals surface area contributed by atoms with Crippen LogP contribution in [0, 0.1) is 0 Å². The normalized spacial score (nSPS) is 51.5. The van der Waals surface area contributed by atoms with E-state index in [0.29, 0.717) is 0 Å². The lowest BCUT2D eigenvalue weighted by Crippen LogP contribution is -2.77. The fraction of sp³-hybridized carbons (Fsp3) is 1.00. The summed E-state index contributed by atoms with van der Waals surface area (Å²) in [7, 11) is 2.82. The van der Waals surface area contributed by atoms with E-state index in [1.165, 1.54) is 21.1 Å². The first-order valence-electron chi connectivity index (χ1n) is 5.49. The van der Waals surface area contributed by atoms with Gasteiger partial charge in [0.25, 0.3) is 0 Å². The minimum absolute atomic E-state index is 0.421. The molecule has 0 radical (unpaired) electrons. The van der Waals surface area contributed by atoms with Crippen molar-refractivity contribution in [2.75, 3.05) is 20.8 Å². The molecule has 0 amide bonds. The molecule has 0 aromatic carbocycles. The second kappa shape index (κ2) is 4.46. The highest BCUT2D eigenvalue weighted by atomic mass is 16.7. The van der Waals surface area contributed by atoms with Crippen molar-refractivity contribution in [3.63, 3.8) is 0 Å². The number of aliphatic hydroxyl groups is 3. The van der Waals surface area contributed by atoms with E-state index in [1.54, 1.807) is 13.8 Å². The summed E-state index contributed by atoms with van der Waals surface area (Å²) in [5.74, 6) is -1.70. The molecule has 0 saturated carbocycles. The van der Waals surface area contributed by atoms with Crippen molar-refractivity contribution in [3.8, 4) is 0 Å². The van der Waals surface area contributed by atoms with Gasteiger partial charge in [-0.3, -0.25) is 0 Å². The molecule has 0 aromatic heterocycles. The van der Waals surface area contributed by atoms with Crippen LogP contribution in [0.3, 0.4) is 0 Å². The number of rotatable bonds is 3. The molecular formula is C11H22O6. The Morgan fingerprint density at radius 2 is 1.71 bits per heavy atom. The summed E-state index contributed by atoms with van der Waals surface area (Å²) < 4.78 is 16.0. The van der Waals surface area contributed by atoms with Gasteiger partial charge in [-0.25, -0.2) is 0 Å². The van der Waals surface area contributed by atoms with Crippen molar-refractivity contribution < 1.29 is 29.5 Å². The molecule has 0 aliphatic carbocycles. The van der Waals surface area contributed by atoms with Gasteiger partial charge in [0.2, 0.25) is 0 Å². The molecule has 0 spiro atoms. The quantitative estimate of drug-likeness (QED) is 0.611. The largest absolute Gasteiger partial charge is 0.394 e. The Hall–Kier alpha value is -0.240. The predicted octanol–water partition coefficient (Wildman–Crippen LogP) is -0.743. The Morgan fingerprint density at radius 3 is 2.06 bits per heavy atom. The van der Waals surface area contributed by atoms with Crippen molar-refractivity contribution in [1.82, 2.24) is 0 Å². The molecule has 6 heteroatoms. The Morgan fingerprint density at radius 1 is 1.18 bits per heavy atom. The van der Waals surface area contributed by atoms with Crippen LogP contribution in [0.4, 0.5) is 0 Å². The van der Waals surface area contributed by atoms with Crippen LogP contribution in [0.25, 0.3) is 0 Å². The second-order valence-electron chi connectivity index (χ2n) is 4.82. The van der Waals surface area contributed by atoms with E-state index >= 15 is 0 Å². The summed E-state index contributed by atoms with van der Waals surface area (Å²) in [6.45, 7) is 4.20. The first-order valence-corrected chi connectivity index (χ1v) is 5.49. The van der Waals surface area contributed by atoms with E-state index in [9.17, 15) is 15.3 Å². The molecule has 0 bridgehead atoms. The molecule has 1 fully saturated rings. The minimum atomic E-state index is -1.70. The lowest BCUT2D eigenvalue weighted by atomic mass is 9.71. The molecule has 0 aromatic rings. The van der Waals surface area contributed by atoms with Crippen LogP contribution in [-0.4, -0.2) is 65.3 Å². The number of hydrogen-bond donors (Lipinski definition) is 3. The van der Waals surface area contributed by atoms with Gasteiger partial charge in [-0.1, -0.05) is 0 Å². The molecule has 1 rings (SSSR count). The summed E-state index contributed by atoms with van der Waals surface area (Å²) >= 11 is 0. The Kier molecular flexibility index (Phi) is 3.88. The van der Waals surface area contributed by atoms with Crippen LogP contribution in [0.1, 0.15) is 20.8 Å². The molecular weight excluding hydrogens is 228 g/mol. The fourth-order valence-electron chi connectivity index (χ4n) is 2.41. The zero-order chi connectivity index (χ0) is 13.5. The zero-order valence-electron chi connectivity index (χ0n) is 10.9. The molecule has 3 N–H and O–H groups in total. The molecule has 0 unspecified atom stereocenters. The van der Waals surface area contributed by atoms with Gasteiger partial charge in [0.15, 0.2) is 5.79 Å². The van der Waals surface area contributed by atoms with Crippen LogP contribution in [0.2, 0.25) is 0 Å². The SMILES string of the molecule is CO[C@]1(C)[C@@](C)(O)O[C@H](CO)[C@@H](O)[C@]1(C)OC. The maximum atomic E-state index is 10.3. The monoisotopic (exact) mass is 250 g/mol. The van der Waals surface area contributed by atoms with E-state index in [0.717, 1.165) is 0 Å². The van der Waals surface area contributed by atoms with Crippen LogP contribution < -0.4 is 0 Å². The zero-order valence-corrected chi connectivity index (χ0v) is 10.9. The maximum Gasteiger partial charge on any atom is 0.195 e. The van der Waals surface area contributed by atoms with Crippen LogP contribution in [-0.2, 0) is 14.2 Å². The van der Waals surface area contributed by atoms with Gasteiger partial charge in [-0.15, -0.1) is 0 Å². The molecule has 1 aliphatic heterocycles. The highest BCUT2D eigenvalue weighted by molar-refractivity contribution is 5.13. The van der Waals surface area contributed by atoms with Gasteiger partial charge in [-0.05, 0) is 20.8 Å². The average molecular weight is 250 g/mol. The summed E-state index contributed by atoms with van der Waals surface area (Å²) in [6, 6.07) is 0. The van der Waals surface area contributed by atoms with Crippen molar-refractivity contribution in [2.45, 2.75) is 50.0 Å². The van der Waals surface area contributed by atoms with Crippen LogP contribution in [0.5, 0.6) is 0 Å². The Labute approximate surface area is 101 Å². The summed E-state index contributed by atoms with van der Waals surface area (Å²) in [6.07, 6.45) is -2.05. The summed E-state index contributed by atoms with van der Waals surface area (Å²) in [5, 5.41) is 29.7. The lowest BCUT2D eigenvalue weighted by Gasteiger charge is -2.58. The van der Waals surface area contributed by atoms with Gasteiger partial charge < -0.3 is 29.5 Å². The van der Waals surface area contributed by atoms with Crippen molar-refractivity contribution in [3.05, 3.63) is 0 Å². The smallest absolute Gasteiger partial charge is 0.195 e. The lowest BCUT2D eigenvalue weighted by molar-refractivity contribution is -0.409. The van der Waals surface area contributed by atoms with Gasteiger partial charge in [0, 0.05) is 14.2 Å². The topological polar surface area (TPSA) is 88.4 Å². The van der Waals surface area contributed by atoms with E-state index in [-0.39, 0.29) is 0 Å². The first kappa shape index (κ1) is 14.8. The van der Waals surface area contributed by atoms with Crippen molar-refractivity contribution in [1.29, 1.82) is 0 Å². The minimum Gasteiger partial charge on any atom is -0.394 e. The highest BCUT2D eigenvalue weighted by Crippen LogP contribution is 2.46. The standard InChI is InChI=1S/C11H22O6/c1-9(15-4)8(13)7(6-12)17-11(3,14)10(9,2)16-5/h7-8,12-14H,6H2,1-5H3/t7-,8-,9+,10+,11+/m1/s1. The predicted molar refractivity (Wildman–Crippen MR) is 59.4 cm³/mol. The number of hydrogen-bond acceptors (Lipinski definition) is 6. The van der Waals surface area contributed by atoms with Gasteiger partial charge in [0.05, 0.1) is 6.61 Å². The molecule has 1 saturated heterocycles.